The lowest BCUT2D eigenvalue weighted by Crippen LogP contribution is -2.55. The normalized spacial score (nSPS) is 23.6. The number of pyridine rings is 1. The summed E-state index contributed by atoms with van der Waals surface area (Å²) in [6, 6.07) is 2.95. The second-order valence-electron chi connectivity index (χ2n) is 5.92. The Kier molecular flexibility index (Phi) is 4.53. The molecule has 0 aromatic carbocycles. The van der Waals surface area contributed by atoms with E-state index in [1.165, 1.54) is 50.1 Å². The predicted octanol–water partition coefficient (Wildman–Crippen LogP) is 1.87. The van der Waals surface area contributed by atoms with Crippen LogP contribution < -0.4 is 10.2 Å². The van der Waals surface area contributed by atoms with Crippen LogP contribution in [0.3, 0.4) is 0 Å². The van der Waals surface area contributed by atoms with E-state index in [4.69, 9.17) is 0 Å². The molecule has 20 heavy (non-hydrogen) atoms. The third kappa shape index (κ3) is 2.96. The van der Waals surface area contributed by atoms with Crippen LogP contribution in [-0.4, -0.2) is 48.6 Å². The molecule has 1 aromatic heterocycles. The van der Waals surface area contributed by atoms with E-state index in [-0.39, 0.29) is 0 Å². The van der Waals surface area contributed by atoms with Gasteiger partial charge in [-0.15, -0.1) is 0 Å². The summed E-state index contributed by atoms with van der Waals surface area (Å²) >= 11 is 0. The van der Waals surface area contributed by atoms with Crippen molar-refractivity contribution in [3.8, 4) is 0 Å². The Balaban J connectivity index is 1.72. The van der Waals surface area contributed by atoms with Crippen molar-refractivity contribution in [2.75, 3.05) is 37.6 Å². The van der Waals surface area contributed by atoms with E-state index in [9.17, 15) is 0 Å². The first-order chi connectivity index (χ1) is 9.88. The zero-order valence-electron chi connectivity index (χ0n) is 12.5. The fourth-order valence-corrected chi connectivity index (χ4v) is 3.50. The highest BCUT2D eigenvalue weighted by Crippen LogP contribution is 2.26. The van der Waals surface area contributed by atoms with Crippen LogP contribution >= 0.6 is 0 Å². The lowest BCUT2D eigenvalue weighted by molar-refractivity contribution is 0.133. The van der Waals surface area contributed by atoms with Crippen LogP contribution in [0, 0.1) is 0 Å². The van der Waals surface area contributed by atoms with Crippen LogP contribution in [0.15, 0.2) is 18.5 Å². The second-order valence-corrected chi connectivity index (χ2v) is 5.92. The van der Waals surface area contributed by atoms with Crippen molar-refractivity contribution in [2.45, 2.75) is 38.8 Å². The molecule has 0 bridgehead atoms. The SMILES string of the molecule is CCNCc1cnccc1N1CCN2CCCCC2C1. The number of nitrogens with one attached hydrogen (secondary N) is 1. The number of nitrogens with zero attached hydrogens (tertiary/aromatic N) is 3. The predicted molar refractivity (Wildman–Crippen MR) is 83.0 cm³/mol. The number of fused-ring (bicyclic) bond motifs is 1. The van der Waals surface area contributed by atoms with Crippen LogP contribution in [0.5, 0.6) is 0 Å². The van der Waals surface area contributed by atoms with Gasteiger partial charge in [-0.3, -0.25) is 9.88 Å². The maximum absolute atomic E-state index is 4.30. The molecule has 0 spiro atoms. The molecule has 2 saturated heterocycles. The summed E-state index contributed by atoms with van der Waals surface area (Å²) in [5.74, 6) is 0. The van der Waals surface area contributed by atoms with E-state index in [2.05, 4.69) is 33.1 Å². The van der Waals surface area contributed by atoms with Crippen LogP contribution in [-0.2, 0) is 6.54 Å². The summed E-state index contributed by atoms with van der Waals surface area (Å²) in [6.45, 7) is 8.93. The topological polar surface area (TPSA) is 31.4 Å². The first kappa shape index (κ1) is 13.8. The highest BCUT2D eigenvalue weighted by Gasteiger charge is 2.29. The standard InChI is InChI=1S/C16H26N4/c1-2-17-11-14-12-18-7-6-16(14)20-10-9-19-8-4-3-5-15(19)13-20/h6-7,12,15,17H,2-5,8-11,13H2,1H3. The summed E-state index contributed by atoms with van der Waals surface area (Å²) in [4.78, 5) is 9.55. The minimum Gasteiger partial charge on any atom is -0.368 e. The first-order valence-electron chi connectivity index (χ1n) is 8.01. The summed E-state index contributed by atoms with van der Waals surface area (Å²) in [5.41, 5.74) is 2.71. The number of rotatable bonds is 4. The fourth-order valence-electron chi connectivity index (χ4n) is 3.50. The average Bonchev–Trinajstić information content (AvgIpc) is 2.53. The van der Waals surface area contributed by atoms with Crippen LogP contribution in [0.4, 0.5) is 5.69 Å². The van der Waals surface area contributed by atoms with Crippen molar-refractivity contribution in [1.29, 1.82) is 0 Å². The van der Waals surface area contributed by atoms with E-state index in [0.29, 0.717) is 0 Å². The fraction of sp³-hybridized carbons (Fsp3) is 0.688. The number of hydrogen-bond acceptors (Lipinski definition) is 4. The van der Waals surface area contributed by atoms with E-state index in [1.54, 1.807) is 0 Å². The lowest BCUT2D eigenvalue weighted by Gasteiger charge is -2.45. The van der Waals surface area contributed by atoms with Crippen LogP contribution in [0.25, 0.3) is 0 Å². The molecule has 1 N–H and O–H groups in total. The van der Waals surface area contributed by atoms with Gasteiger partial charge in [-0.2, -0.15) is 0 Å². The molecular weight excluding hydrogens is 248 g/mol. The molecule has 1 unspecified atom stereocenters. The van der Waals surface area contributed by atoms with E-state index in [1.807, 2.05) is 12.4 Å². The van der Waals surface area contributed by atoms with Gasteiger partial charge in [-0.25, -0.2) is 0 Å². The Morgan fingerprint density at radius 3 is 3.15 bits per heavy atom. The minimum absolute atomic E-state index is 0.762. The van der Waals surface area contributed by atoms with Gasteiger partial charge in [0, 0.05) is 55.9 Å². The molecule has 2 fully saturated rings. The highest BCUT2D eigenvalue weighted by atomic mass is 15.3. The minimum atomic E-state index is 0.762. The lowest BCUT2D eigenvalue weighted by atomic mass is 9.99. The Bertz CT molecular complexity index is 434. The zero-order chi connectivity index (χ0) is 13.8. The summed E-state index contributed by atoms with van der Waals surface area (Å²) in [5, 5.41) is 3.42. The third-order valence-electron chi connectivity index (χ3n) is 4.62. The maximum atomic E-state index is 4.30. The molecule has 1 aromatic rings. The Morgan fingerprint density at radius 1 is 1.30 bits per heavy atom. The number of piperidine rings is 1. The molecule has 0 radical (unpaired) electrons. The first-order valence-corrected chi connectivity index (χ1v) is 8.01. The number of piperazine rings is 1. The van der Waals surface area contributed by atoms with Crippen molar-refractivity contribution in [3.63, 3.8) is 0 Å². The largest absolute Gasteiger partial charge is 0.368 e. The van der Waals surface area contributed by atoms with Gasteiger partial charge >= 0.3 is 0 Å². The molecule has 0 saturated carbocycles. The Morgan fingerprint density at radius 2 is 2.25 bits per heavy atom. The highest BCUT2D eigenvalue weighted by molar-refractivity contribution is 5.52. The van der Waals surface area contributed by atoms with Crippen molar-refractivity contribution < 1.29 is 0 Å². The molecule has 110 valence electrons. The van der Waals surface area contributed by atoms with Crippen LogP contribution in [0.1, 0.15) is 31.7 Å². The molecule has 3 heterocycles. The van der Waals surface area contributed by atoms with Gasteiger partial charge in [0.2, 0.25) is 0 Å². The van der Waals surface area contributed by atoms with Gasteiger partial charge in [0.1, 0.15) is 0 Å². The maximum Gasteiger partial charge on any atom is 0.0443 e. The van der Waals surface area contributed by atoms with Gasteiger partial charge in [-0.05, 0) is 32.0 Å². The molecular formula is C16H26N4. The molecule has 2 aliphatic rings. The second kappa shape index (κ2) is 6.55. The van der Waals surface area contributed by atoms with Crippen molar-refractivity contribution in [2.24, 2.45) is 0 Å². The molecule has 4 nitrogen and oxygen atoms in total. The van der Waals surface area contributed by atoms with Crippen molar-refractivity contribution in [1.82, 2.24) is 15.2 Å². The molecule has 2 aliphatic heterocycles. The van der Waals surface area contributed by atoms with Gasteiger partial charge < -0.3 is 10.2 Å². The molecule has 4 heteroatoms. The van der Waals surface area contributed by atoms with Gasteiger partial charge in [0.25, 0.3) is 0 Å². The Labute approximate surface area is 122 Å². The quantitative estimate of drug-likeness (QED) is 0.908. The van der Waals surface area contributed by atoms with Gasteiger partial charge in [0.15, 0.2) is 0 Å². The van der Waals surface area contributed by atoms with Crippen molar-refractivity contribution in [3.05, 3.63) is 24.0 Å². The summed E-state index contributed by atoms with van der Waals surface area (Å²) in [6.07, 6.45) is 8.10. The average molecular weight is 274 g/mol. The van der Waals surface area contributed by atoms with Crippen LogP contribution in [0.2, 0.25) is 0 Å². The molecule has 0 aliphatic carbocycles. The van der Waals surface area contributed by atoms with Gasteiger partial charge in [0.05, 0.1) is 0 Å². The smallest absolute Gasteiger partial charge is 0.0443 e. The number of hydrogen-bond donors (Lipinski definition) is 1. The molecule has 1 atom stereocenters. The number of anilines is 1. The number of aromatic nitrogens is 1. The van der Waals surface area contributed by atoms with E-state index < -0.39 is 0 Å². The van der Waals surface area contributed by atoms with Gasteiger partial charge in [-0.1, -0.05) is 13.3 Å². The van der Waals surface area contributed by atoms with E-state index >= 15 is 0 Å². The summed E-state index contributed by atoms with van der Waals surface area (Å²) in [7, 11) is 0. The Hall–Kier alpha value is -1.13. The summed E-state index contributed by atoms with van der Waals surface area (Å²) < 4.78 is 0. The third-order valence-corrected chi connectivity index (χ3v) is 4.62. The van der Waals surface area contributed by atoms with Crippen molar-refractivity contribution >= 4 is 5.69 Å². The molecule has 3 rings (SSSR count). The zero-order valence-corrected chi connectivity index (χ0v) is 12.5. The molecule has 0 amide bonds. The van der Waals surface area contributed by atoms with E-state index in [0.717, 1.165) is 25.7 Å². The monoisotopic (exact) mass is 274 g/mol.